The van der Waals surface area contributed by atoms with Gasteiger partial charge in [-0.3, -0.25) is 4.79 Å². The molecular weight excluding hydrogens is 511 g/mol. The van der Waals surface area contributed by atoms with Crippen LogP contribution in [-0.4, -0.2) is 39.4 Å². The van der Waals surface area contributed by atoms with Crippen molar-refractivity contribution < 1.29 is 27.1 Å². The molecule has 8 nitrogen and oxygen atoms in total. The summed E-state index contributed by atoms with van der Waals surface area (Å²) >= 11 is 0. The Morgan fingerprint density at radius 2 is 1.92 bits per heavy atom. The molecule has 1 aliphatic heterocycles. The van der Waals surface area contributed by atoms with Gasteiger partial charge >= 0.3 is 6.18 Å². The molecule has 0 aliphatic carbocycles. The van der Waals surface area contributed by atoms with Crippen LogP contribution in [0.1, 0.15) is 46.2 Å². The van der Waals surface area contributed by atoms with E-state index < -0.39 is 17.9 Å². The largest absolute Gasteiger partial charge is 0.494 e. The van der Waals surface area contributed by atoms with Gasteiger partial charge < -0.3 is 24.8 Å². The molecule has 0 fully saturated rings. The summed E-state index contributed by atoms with van der Waals surface area (Å²) in [5.74, 6) is 0.0824. The highest BCUT2D eigenvalue weighted by atomic mass is 19.4. The summed E-state index contributed by atoms with van der Waals surface area (Å²) in [6.45, 7) is 2.54. The normalized spacial score (nSPS) is 14.6. The van der Waals surface area contributed by atoms with Gasteiger partial charge in [-0.1, -0.05) is 18.2 Å². The zero-order valence-electron chi connectivity index (χ0n) is 21.1. The molecule has 3 N–H and O–H groups in total. The Morgan fingerprint density at radius 1 is 1.13 bits per heavy atom. The number of hydrogen-bond donors (Lipinski definition) is 2. The van der Waals surface area contributed by atoms with Crippen LogP contribution >= 0.6 is 0 Å². The van der Waals surface area contributed by atoms with Crippen molar-refractivity contribution in [2.24, 2.45) is 5.73 Å². The summed E-state index contributed by atoms with van der Waals surface area (Å²) in [6, 6.07) is 12.6. The number of oxazole rings is 1. The lowest BCUT2D eigenvalue weighted by molar-refractivity contribution is -0.140. The first-order chi connectivity index (χ1) is 18.7. The van der Waals surface area contributed by atoms with Gasteiger partial charge in [0.25, 0.3) is 5.91 Å². The predicted octanol–water partition coefficient (Wildman–Crippen LogP) is 5.62. The highest BCUT2D eigenvalue weighted by Gasteiger charge is 2.34. The van der Waals surface area contributed by atoms with E-state index in [0.717, 1.165) is 22.7 Å². The molecule has 0 saturated heterocycles. The van der Waals surface area contributed by atoms with Crippen LogP contribution in [0.5, 0.6) is 5.75 Å². The number of para-hydroxylation sites is 1. The molecule has 5 aromatic rings. The number of fused-ring (bicyclic) bond motifs is 4. The third-order valence-corrected chi connectivity index (χ3v) is 7.00. The third kappa shape index (κ3) is 4.19. The van der Waals surface area contributed by atoms with E-state index in [1.54, 1.807) is 17.9 Å². The van der Waals surface area contributed by atoms with E-state index in [2.05, 4.69) is 21.0 Å². The molecule has 1 amide bonds. The number of nitrogens with one attached hydrogen (secondary N) is 1. The average Bonchev–Trinajstić information content (AvgIpc) is 3.53. The Kier molecular flexibility index (Phi) is 5.83. The standard InChI is InChI=1S/C28H24F3N5O3/c1-14(32)25-24(27(37)36-12-11-16-15-5-3-4-6-19(15)33-20(16)13-36)35-26(39-25)18-7-9-21(38-2)23-17(18)8-10-22(34-23)28(29,30)31/h3-10,14,33H,11-13,32H2,1-2H3/t14-/m0/s1. The molecule has 4 heterocycles. The molecule has 3 aromatic heterocycles. The Labute approximate surface area is 220 Å². The van der Waals surface area contributed by atoms with E-state index in [4.69, 9.17) is 14.9 Å². The van der Waals surface area contributed by atoms with Crippen LogP contribution in [0.3, 0.4) is 0 Å². The molecule has 0 unspecified atom stereocenters. The highest BCUT2D eigenvalue weighted by Crippen LogP contribution is 2.38. The second kappa shape index (κ2) is 9.12. The summed E-state index contributed by atoms with van der Waals surface area (Å²) in [7, 11) is 1.35. The molecule has 1 atom stereocenters. The zero-order valence-corrected chi connectivity index (χ0v) is 21.1. The lowest BCUT2D eigenvalue weighted by atomic mass is 10.0. The van der Waals surface area contributed by atoms with Gasteiger partial charge in [0.05, 0.1) is 19.7 Å². The second-order valence-electron chi connectivity index (χ2n) is 9.53. The van der Waals surface area contributed by atoms with Crippen molar-refractivity contribution in [1.29, 1.82) is 0 Å². The summed E-state index contributed by atoms with van der Waals surface area (Å²) in [5.41, 5.74) is 8.73. The lowest BCUT2D eigenvalue weighted by Crippen LogP contribution is -2.36. The van der Waals surface area contributed by atoms with E-state index in [-0.39, 0.29) is 34.5 Å². The number of benzene rings is 2. The molecule has 0 bridgehead atoms. The number of methoxy groups -OCH3 is 1. The number of nitrogens with two attached hydrogens (primary N) is 1. The summed E-state index contributed by atoms with van der Waals surface area (Å²) in [5, 5.41) is 1.48. The highest BCUT2D eigenvalue weighted by molar-refractivity contribution is 5.98. The monoisotopic (exact) mass is 535 g/mol. The molecule has 1 aliphatic rings. The molecule has 0 saturated carbocycles. The van der Waals surface area contributed by atoms with Crippen LogP contribution in [-0.2, 0) is 19.1 Å². The molecule has 39 heavy (non-hydrogen) atoms. The Hall–Kier alpha value is -4.38. The maximum Gasteiger partial charge on any atom is 0.433 e. The number of rotatable bonds is 4. The minimum Gasteiger partial charge on any atom is -0.494 e. The number of aromatic nitrogens is 3. The minimum atomic E-state index is -4.63. The number of ether oxygens (including phenoxy) is 1. The van der Waals surface area contributed by atoms with E-state index in [1.807, 2.05) is 18.2 Å². The molecule has 200 valence electrons. The summed E-state index contributed by atoms with van der Waals surface area (Å²) in [4.78, 5) is 27.1. The number of H-pyrrole nitrogens is 1. The SMILES string of the molecule is COc1ccc(-c2nc(C(=O)N3CCc4c([nH]c5ccccc45)C3)c([C@H](C)N)o2)c2ccc(C(F)(F)F)nc12. The number of carbonyl (C=O) groups excluding carboxylic acids is 1. The van der Waals surface area contributed by atoms with Gasteiger partial charge in [-0.15, -0.1) is 0 Å². The number of pyridine rings is 1. The quantitative estimate of drug-likeness (QED) is 0.309. The van der Waals surface area contributed by atoms with Gasteiger partial charge in [-0.2, -0.15) is 13.2 Å². The van der Waals surface area contributed by atoms with Crippen molar-refractivity contribution in [3.8, 4) is 17.2 Å². The van der Waals surface area contributed by atoms with Crippen LogP contribution in [0.4, 0.5) is 13.2 Å². The first kappa shape index (κ1) is 24.9. The van der Waals surface area contributed by atoms with Gasteiger partial charge in [0.2, 0.25) is 5.89 Å². The maximum atomic E-state index is 13.7. The van der Waals surface area contributed by atoms with Gasteiger partial charge in [0.15, 0.2) is 11.5 Å². The number of hydrogen-bond acceptors (Lipinski definition) is 6. The lowest BCUT2D eigenvalue weighted by Gasteiger charge is -2.26. The zero-order chi connectivity index (χ0) is 27.5. The smallest absolute Gasteiger partial charge is 0.433 e. The van der Waals surface area contributed by atoms with Crippen LogP contribution in [0, 0.1) is 0 Å². The van der Waals surface area contributed by atoms with E-state index in [1.165, 1.54) is 24.8 Å². The average molecular weight is 536 g/mol. The fourth-order valence-electron chi connectivity index (χ4n) is 5.13. The number of aromatic amines is 1. The van der Waals surface area contributed by atoms with Crippen LogP contribution in [0.2, 0.25) is 0 Å². The van der Waals surface area contributed by atoms with Crippen molar-refractivity contribution in [3.63, 3.8) is 0 Å². The van der Waals surface area contributed by atoms with E-state index in [9.17, 15) is 18.0 Å². The minimum absolute atomic E-state index is 0.000574. The second-order valence-corrected chi connectivity index (χ2v) is 9.53. The summed E-state index contributed by atoms with van der Waals surface area (Å²) < 4.78 is 51.3. The Balaban J connectivity index is 1.40. The molecular formula is C28H24F3N5O3. The first-order valence-corrected chi connectivity index (χ1v) is 12.3. The fraction of sp³-hybridized carbons (Fsp3) is 0.250. The molecule has 6 rings (SSSR count). The van der Waals surface area contributed by atoms with Crippen LogP contribution < -0.4 is 10.5 Å². The van der Waals surface area contributed by atoms with Gasteiger partial charge in [-0.25, -0.2) is 9.97 Å². The Bertz CT molecular complexity index is 1740. The van der Waals surface area contributed by atoms with Crippen LogP contribution in [0.25, 0.3) is 33.3 Å². The molecule has 0 radical (unpaired) electrons. The van der Waals surface area contributed by atoms with Crippen molar-refractivity contribution in [2.75, 3.05) is 13.7 Å². The van der Waals surface area contributed by atoms with Crippen LogP contribution in [0.15, 0.2) is 52.9 Å². The predicted molar refractivity (Wildman–Crippen MR) is 138 cm³/mol. The fourth-order valence-corrected chi connectivity index (χ4v) is 5.13. The Morgan fingerprint density at radius 3 is 2.67 bits per heavy atom. The topological polar surface area (TPSA) is 110 Å². The molecule has 0 spiro atoms. The number of amides is 1. The molecule has 2 aromatic carbocycles. The van der Waals surface area contributed by atoms with Gasteiger partial charge in [-0.05, 0) is 49.2 Å². The van der Waals surface area contributed by atoms with Crippen molar-refractivity contribution in [2.45, 2.75) is 32.1 Å². The third-order valence-electron chi connectivity index (χ3n) is 7.00. The number of alkyl halides is 3. The maximum absolute atomic E-state index is 13.7. The van der Waals surface area contributed by atoms with Crippen molar-refractivity contribution >= 4 is 27.7 Å². The van der Waals surface area contributed by atoms with E-state index >= 15 is 0 Å². The van der Waals surface area contributed by atoms with Crippen molar-refractivity contribution in [1.82, 2.24) is 19.9 Å². The first-order valence-electron chi connectivity index (χ1n) is 12.3. The number of nitrogens with zero attached hydrogens (tertiary/aromatic N) is 3. The number of halogens is 3. The van der Waals surface area contributed by atoms with E-state index in [0.29, 0.717) is 30.5 Å². The van der Waals surface area contributed by atoms with Crippen molar-refractivity contribution in [3.05, 3.63) is 76.9 Å². The summed E-state index contributed by atoms with van der Waals surface area (Å²) in [6.07, 6.45) is -3.95. The van der Waals surface area contributed by atoms with Gasteiger partial charge in [0, 0.05) is 34.1 Å². The number of carbonyl (C=O) groups is 1. The van der Waals surface area contributed by atoms with Gasteiger partial charge in [0.1, 0.15) is 17.0 Å². The molecule has 11 heteroatoms.